The molecule has 0 unspecified atom stereocenters. The lowest BCUT2D eigenvalue weighted by atomic mass is 10.2. The van der Waals surface area contributed by atoms with Crippen LogP contribution in [0.25, 0.3) is 0 Å². The molecule has 0 saturated heterocycles. The summed E-state index contributed by atoms with van der Waals surface area (Å²) in [6, 6.07) is 5.15. The molecular weight excluding hydrogens is 319 g/mol. The molecule has 0 bridgehead atoms. The highest BCUT2D eigenvalue weighted by molar-refractivity contribution is 7.17. The van der Waals surface area contributed by atoms with Crippen LogP contribution in [0.3, 0.4) is 0 Å². The highest BCUT2D eigenvalue weighted by Crippen LogP contribution is 2.24. The van der Waals surface area contributed by atoms with Crippen LogP contribution in [0.5, 0.6) is 0 Å². The predicted octanol–water partition coefficient (Wildman–Crippen LogP) is 3.10. The largest absolute Gasteiger partial charge is 0.375 e. The summed E-state index contributed by atoms with van der Waals surface area (Å²) in [6.07, 6.45) is 1.42. The van der Waals surface area contributed by atoms with E-state index in [9.17, 15) is 4.79 Å². The molecule has 2 aromatic rings. The van der Waals surface area contributed by atoms with Gasteiger partial charge in [-0.15, -0.1) is 0 Å². The average Bonchev–Trinajstić information content (AvgIpc) is 2.73. The smallest absolute Gasteiger partial charge is 0.283 e. The van der Waals surface area contributed by atoms with E-state index in [1.54, 1.807) is 25.1 Å². The molecule has 1 amide bonds. The number of halogens is 2. The van der Waals surface area contributed by atoms with E-state index in [1.807, 2.05) is 0 Å². The van der Waals surface area contributed by atoms with Crippen molar-refractivity contribution in [3.8, 4) is 0 Å². The Labute approximate surface area is 129 Å². The van der Waals surface area contributed by atoms with Crippen molar-refractivity contribution in [2.45, 2.75) is 6.92 Å². The van der Waals surface area contributed by atoms with Gasteiger partial charge in [0.25, 0.3) is 5.91 Å². The van der Waals surface area contributed by atoms with Gasteiger partial charge in [0.15, 0.2) is 5.13 Å². The van der Waals surface area contributed by atoms with Gasteiger partial charge in [0.05, 0.1) is 22.0 Å². The van der Waals surface area contributed by atoms with Crippen LogP contribution < -0.4 is 11.2 Å². The van der Waals surface area contributed by atoms with E-state index >= 15 is 0 Å². The molecule has 20 heavy (non-hydrogen) atoms. The number of hydrazone groups is 1. The zero-order chi connectivity index (χ0) is 14.7. The van der Waals surface area contributed by atoms with Crippen LogP contribution in [0, 0.1) is 6.92 Å². The summed E-state index contributed by atoms with van der Waals surface area (Å²) >= 11 is 13.0. The summed E-state index contributed by atoms with van der Waals surface area (Å²) in [7, 11) is 0. The first kappa shape index (κ1) is 14.8. The minimum Gasteiger partial charge on any atom is -0.375 e. The molecule has 0 radical (unpaired) electrons. The monoisotopic (exact) mass is 328 g/mol. The molecule has 0 spiro atoms. The molecule has 2 rings (SSSR count). The molecule has 0 atom stereocenters. The van der Waals surface area contributed by atoms with Gasteiger partial charge in [-0.3, -0.25) is 4.79 Å². The van der Waals surface area contributed by atoms with E-state index in [1.165, 1.54) is 6.21 Å². The number of amides is 1. The van der Waals surface area contributed by atoms with Crippen molar-refractivity contribution in [1.82, 2.24) is 10.4 Å². The number of carbonyl (C=O) groups excluding carboxylic acids is 1. The Hall–Kier alpha value is -1.63. The quantitative estimate of drug-likeness (QED) is 0.671. The van der Waals surface area contributed by atoms with E-state index < -0.39 is 0 Å². The molecule has 0 aliphatic carbocycles. The summed E-state index contributed by atoms with van der Waals surface area (Å²) in [5.41, 5.74) is 9.10. The molecule has 1 aromatic heterocycles. The van der Waals surface area contributed by atoms with Gasteiger partial charge < -0.3 is 5.73 Å². The molecule has 1 heterocycles. The Morgan fingerprint density at radius 3 is 2.90 bits per heavy atom. The first-order valence-electron chi connectivity index (χ1n) is 5.49. The summed E-state index contributed by atoms with van der Waals surface area (Å²) in [5.74, 6) is -0.369. The highest BCUT2D eigenvalue weighted by atomic mass is 35.5. The lowest BCUT2D eigenvalue weighted by Gasteiger charge is -2.00. The maximum Gasteiger partial charge on any atom is 0.283 e. The Kier molecular flexibility index (Phi) is 4.59. The highest BCUT2D eigenvalue weighted by Gasteiger charge is 2.13. The van der Waals surface area contributed by atoms with Crippen molar-refractivity contribution < 1.29 is 4.79 Å². The zero-order valence-electron chi connectivity index (χ0n) is 10.4. The number of hydrogen-bond donors (Lipinski definition) is 2. The fourth-order valence-corrected chi connectivity index (χ4v) is 2.54. The first-order valence-corrected chi connectivity index (χ1v) is 7.06. The molecule has 1 aromatic carbocycles. The van der Waals surface area contributed by atoms with Crippen LogP contribution in [0.2, 0.25) is 10.0 Å². The van der Waals surface area contributed by atoms with E-state index in [-0.39, 0.29) is 5.91 Å². The predicted molar refractivity (Wildman–Crippen MR) is 82.8 cm³/mol. The van der Waals surface area contributed by atoms with Crippen LogP contribution >= 0.6 is 34.5 Å². The molecule has 0 saturated carbocycles. The Morgan fingerprint density at radius 2 is 2.25 bits per heavy atom. The minimum absolute atomic E-state index is 0.342. The molecule has 0 fully saturated rings. The molecule has 104 valence electrons. The van der Waals surface area contributed by atoms with E-state index in [2.05, 4.69) is 15.5 Å². The summed E-state index contributed by atoms with van der Waals surface area (Å²) in [4.78, 5) is 16.2. The minimum atomic E-state index is -0.369. The first-order chi connectivity index (χ1) is 9.49. The van der Waals surface area contributed by atoms with Gasteiger partial charge in [0, 0.05) is 5.56 Å². The number of nitrogens with zero attached hydrogens (tertiary/aromatic N) is 2. The van der Waals surface area contributed by atoms with Gasteiger partial charge >= 0.3 is 0 Å². The lowest BCUT2D eigenvalue weighted by molar-refractivity contribution is 0.0958. The number of aromatic nitrogens is 1. The Bertz CT molecular complexity index is 684. The SMILES string of the molecule is Cc1nc(N)sc1C(=O)N/N=C\c1cccc(Cl)c1Cl. The van der Waals surface area contributed by atoms with Crippen LogP contribution in [0.15, 0.2) is 23.3 Å². The summed E-state index contributed by atoms with van der Waals surface area (Å²) in [6.45, 7) is 1.71. The van der Waals surface area contributed by atoms with Crippen LogP contribution in [0.1, 0.15) is 20.9 Å². The molecule has 0 aliphatic rings. The maximum atomic E-state index is 11.9. The number of rotatable bonds is 3. The second-order valence-electron chi connectivity index (χ2n) is 3.81. The van der Waals surface area contributed by atoms with Crippen LogP contribution in [-0.4, -0.2) is 17.1 Å². The van der Waals surface area contributed by atoms with Crippen LogP contribution in [0.4, 0.5) is 5.13 Å². The van der Waals surface area contributed by atoms with Crippen molar-refractivity contribution in [3.63, 3.8) is 0 Å². The number of hydrogen-bond acceptors (Lipinski definition) is 5. The van der Waals surface area contributed by atoms with E-state index in [0.717, 1.165) is 11.3 Å². The molecular formula is C12H10Cl2N4OS. The number of nitrogens with two attached hydrogens (primary N) is 1. The summed E-state index contributed by atoms with van der Waals surface area (Å²) in [5, 5.41) is 4.99. The molecule has 3 N–H and O–H groups in total. The third kappa shape index (κ3) is 3.27. The fraction of sp³-hybridized carbons (Fsp3) is 0.0833. The van der Waals surface area contributed by atoms with Gasteiger partial charge in [0.1, 0.15) is 4.88 Å². The number of nitrogens with one attached hydrogen (secondary N) is 1. The van der Waals surface area contributed by atoms with Crippen molar-refractivity contribution >= 4 is 51.8 Å². The van der Waals surface area contributed by atoms with Crippen molar-refractivity contribution in [3.05, 3.63) is 44.4 Å². The van der Waals surface area contributed by atoms with Gasteiger partial charge in [-0.05, 0) is 13.0 Å². The molecule has 8 heteroatoms. The van der Waals surface area contributed by atoms with Crippen molar-refractivity contribution in [1.29, 1.82) is 0 Å². The summed E-state index contributed by atoms with van der Waals surface area (Å²) < 4.78 is 0. The number of anilines is 1. The van der Waals surface area contributed by atoms with Gasteiger partial charge in [0.2, 0.25) is 0 Å². The molecule has 5 nitrogen and oxygen atoms in total. The standard InChI is InChI=1S/C12H10Cl2N4OS/c1-6-10(20-12(15)17-6)11(19)18-16-5-7-3-2-4-8(13)9(7)14/h2-5H,1H3,(H2,15,17)(H,18,19)/b16-5-. The lowest BCUT2D eigenvalue weighted by Crippen LogP contribution is -2.17. The number of benzene rings is 1. The number of aryl methyl sites for hydroxylation is 1. The van der Waals surface area contributed by atoms with Gasteiger partial charge in [-0.2, -0.15) is 5.10 Å². The van der Waals surface area contributed by atoms with Crippen molar-refractivity contribution in [2.75, 3.05) is 5.73 Å². The second-order valence-corrected chi connectivity index (χ2v) is 5.62. The van der Waals surface area contributed by atoms with E-state index in [0.29, 0.717) is 31.3 Å². The number of thiazole rings is 1. The topological polar surface area (TPSA) is 80.4 Å². The second kappa shape index (κ2) is 6.21. The van der Waals surface area contributed by atoms with E-state index in [4.69, 9.17) is 28.9 Å². The third-order valence-corrected chi connectivity index (χ3v) is 4.19. The number of carbonyl (C=O) groups is 1. The average molecular weight is 329 g/mol. The Morgan fingerprint density at radius 1 is 1.50 bits per heavy atom. The maximum absolute atomic E-state index is 11.9. The van der Waals surface area contributed by atoms with Crippen molar-refractivity contribution in [2.24, 2.45) is 5.10 Å². The third-order valence-electron chi connectivity index (χ3n) is 2.37. The fourth-order valence-electron chi connectivity index (χ4n) is 1.46. The zero-order valence-corrected chi connectivity index (χ0v) is 12.7. The van der Waals surface area contributed by atoms with Gasteiger partial charge in [-0.25, -0.2) is 10.4 Å². The number of nitrogen functional groups attached to an aromatic ring is 1. The normalized spacial score (nSPS) is 10.9. The Balaban J connectivity index is 2.08. The van der Waals surface area contributed by atoms with Gasteiger partial charge in [-0.1, -0.05) is 46.7 Å². The van der Waals surface area contributed by atoms with Crippen LogP contribution in [-0.2, 0) is 0 Å². The molecule has 0 aliphatic heterocycles.